The van der Waals surface area contributed by atoms with E-state index in [2.05, 4.69) is 20.8 Å². The van der Waals surface area contributed by atoms with E-state index >= 15 is 0 Å². The summed E-state index contributed by atoms with van der Waals surface area (Å²) in [6.07, 6.45) is 8.82. The van der Waals surface area contributed by atoms with Crippen molar-refractivity contribution in [2.45, 2.75) is 71.8 Å². The van der Waals surface area contributed by atoms with Crippen molar-refractivity contribution in [1.29, 1.82) is 0 Å². The molecular weight excluding hydrogens is 262 g/mol. The van der Waals surface area contributed by atoms with Gasteiger partial charge in [0.2, 0.25) is 5.91 Å². The van der Waals surface area contributed by atoms with Crippen LogP contribution >= 0.6 is 0 Å². The van der Waals surface area contributed by atoms with Crippen molar-refractivity contribution in [2.75, 3.05) is 19.7 Å². The molecule has 1 saturated heterocycles. The van der Waals surface area contributed by atoms with Gasteiger partial charge in [0.25, 0.3) is 0 Å². The molecule has 3 atom stereocenters. The summed E-state index contributed by atoms with van der Waals surface area (Å²) in [4.78, 5) is 14.4. The quantitative estimate of drug-likeness (QED) is 0.788. The lowest BCUT2D eigenvalue weighted by molar-refractivity contribution is -0.140. The van der Waals surface area contributed by atoms with Crippen LogP contribution in [0.5, 0.6) is 0 Å². The molecule has 0 aromatic carbocycles. The maximum atomic E-state index is 12.4. The molecule has 0 unspecified atom stereocenters. The van der Waals surface area contributed by atoms with Gasteiger partial charge in [-0.1, -0.05) is 33.6 Å². The van der Waals surface area contributed by atoms with Crippen molar-refractivity contribution >= 4 is 5.91 Å². The molecule has 1 saturated carbocycles. The van der Waals surface area contributed by atoms with Crippen molar-refractivity contribution in [3.05, 3.63) is 0 Å². The predicted molar refractivity (Wildman–Crippen MR) is 86.1 cm³/mol. The van der Waals surface area contributed by atoms with E-state index in [0.29, 0.717) is 18.6 Å². The van der Waals surface area contributed by atoms with Gasteiger partial charge in [0, 0.05) is 13.1 Å². The molecule has 21 heavy (non-hydrogen) atoms. The van der Waals surface area contributed by atoms with Crippen molar-refractivity contribution in [2.24, 2.45) is 17.8 Å². The first-order valence-electron chi connectivity index (χ1n) is 8.97. The first-order valence-corrected chi connectivity index (χ1v) is 8.97. The number of rotatable bonds is 4. The molecule has 1 amide bonds. The molecule has 1 heterocycles. The fraction of sp³-hybridized carbons (Fsp3) is 0.944. The number of carbonyl (C=O) groups excluding carboxylic acids is 1. The maximum absolute atomic E-state index is 12.4. The Morgan fingerprint density at radius 1 is 1.10 bits per heavy atom. The molecule has 0 radical (unpaired) electrons. The average Bonchev–Trinajstić information content (AvgIpc) is 2.72. The summed E-state index contributed by atoms with van der Waals surface area (Å²) in [5.41, 5.74) is 0. The summed E-state index contributed by atoms with van der Waals surface area (Å²) < 4.78 is 5.93. The summed E-state index contributed by atoms with van der Waals surface area (Å²) in [7, 11) is 0. The van der Waals surface area contributed by atoms with Gasteiger partial charge >= 0.3 is 0 Å². The van der Waals surface area contributed by atoms with Gasteiger partial charge in [-0.05, 0) is 49.9 Å². The molecule has 1 aliphatic carbocycles. The monoisotopic (exact) mass is 295 g/mol. The highest BCUT2D eigenvalue weighted by Gasteiger charge is 2.25. The second kappa shape index (κ2) is 8.17. The average molecular weight is 295 g/mol. The fourth-order valence-corrected chi connectivity index (χ4v) is 3.84. The third-order valence-corrected chi connectivity index (χ3v) is 5.52. The van der Waals surface area contributed by atoms with Crippen LogP contribution in [0.1, 0.15) is 65.7 Å². The molecule has 2 aliphatic rings. The predicted octanol–water partition coefficient (Wildman–Crippen LogP) is 3.87. The van der Waals surface area contributed by atoms with E-state index in [-0.39, 0.29) is 5.91 Å². The van der Waals surface area contributed by atoms with Crippen molar-refractivity contribution in [3.63, 3.8) is 0 Å². The summed E-state index contributed by atoms with van der Waals surface area (Å²) in [5.74, 6) is 2.33. The Balaban J connectivity index is 1.75. The van der Waals surface area contributed by atoms with Gasteiger partial charge in [-0.15, -0.1) is 0 Å². The number of amides is 1. The zero-order valence-electron chi connectivity index (χ0n) is 14.1. The summed E-state index contributed by atoms with van der Waals surface area (Å²) in [5, 5.41) is 0. The lowest BCUT2D eigenvalue weighted by Crippen LogP contribution is -2.37. The van der Waals surface area contributed by atoms with E-state index in [9.17, 15) is 4.79 Å². The van der Waals surface area contributed by atoms with Gasteiger partial charge in [-0.3, -0.25) is 4.79 Å². The molecule has 122 valence electrons. The van der Waals surface area contributed by atoms with E-state index in [1.165, 1.54) is 25.7 Å². The van der Waals surface area contributed by atoms with Crippen LogP contribution in [0.3, 0.4) is 0 Å². The van der Waals surface area contributed by atoms with Crippen LogP contribution in [-0.2, 0) is 9.53 Å². The molecule has 0 bridgehead atoms. The largest absolute Gasteiger partial charge is 0.368 e. The maximum Gasteiger partial charge on any atom is 0.248 e. The first kappa shape index (κ1) is 16.8. The van der Waals surface area contributed by atoms with Crippen LogP contribution in [0.4, 0.5) is 0 Å². The Morgan fingerprint density at radius 3 is 2.57 bits per heavy atom. The molecule has 0 aromatic rings. The van der Waals surface area contributed by atoms with E-state index in [1.54, 1.807) is 0 Å². The fourth-order valence-electron chi connectivity index (χ4n) is 3.84. The number of ether oxygens (including phenoxy) is 1. The third kappa shape index (κ3) is 4.98. The SMILES string of the molecule is CC(C)[C@@H]1CCCN(C(=O)CO[C@H]2CCCC[C@H]2C)CC1. The van der Waals surface area contributed by atoms with Gasteiger partial charge in [0.05, 0.1) is 6.10 Å². The highest BCUT2D eigenvalue weighted by Crippen LogP contribution is 2.27. The van der Waals surface area contributed by atoms with E-state index in [0.717, 1.165) is 44.2 Å². The van der Waals surface area contributed by atoms with Crippen LogP contribution in [0.15, 0.2) is 0 Å². The third-order valence-electron chi connectivity index (χ3n) is 5.52. The van der Waals surface area contributed by atoms with Crippen LogP contribution < -0.4 is 0 Å². The minimum atomic E-state index is 0.206. The molecule has 3 nitrogen and oxygen atoms in total. The Morgan fingerprint density at radius 2 is 1.86 bits per heavy atom. The topological polar surface area (TPSA) is 29.5 Å². The standard InChI is InChI=1S/C18H33NO2/c1-14(2)16-8-6-11-19(12-10-16)18(20)13-21-17-9-5-4-7-15(17)3/h14-17H,4-13H2,1-3H3/t15-,16-,17+/m1/s1. The zero-order valence-corrected chi connectivity index (χ0v) is 14.1. The minimum Gasteiger partial charge on any atom is -0.368 e. The minimum absolute atomic E-state index is 0.206. The smallest absolute Gasteiger partial charge is 0.248 e. The molecule has 0 N–H and O–H groups in total. The molecule has 0 spiro atoms. The normalized spacial score (nSPS) is 31.2. The molecule has 2 fully saturated rings. The number of likely N-dealkylation sites (tertiary alicyclic amines) is 1. The summed E-state index contributed by atoms with van der Waals surface area (Å²) in [6, 6.07) is 0. The lowest BCUT2D eigenvalue weighted by Gasteiger charge is -2.29. The molecule has 0 aromatic heterocycles. The van der Waals surface area contributed by atoms with Gasteiger partial charge in [-0.2, -0.15) is 0 Å². The first-order chi connectivity index (χ1) is 10.1. The Bertz CT molecular complexity index is 329. The number of carbonyl (C=O) groups is 1. The summed E-state index contributed by atoms with van der Waals surface area (Å²) in [6.45, 7) is 9.00. The second-order valence-electron chi connectivity index (χ2n) is 7.43. The number of hydrogen-bond acceptors (Lipinski definition) is 2. The highest BCUT2D eigenvalue weighted by molar-refractivity contribution is 5.77. The van der Waals surface area contributed by atoms with Crippen LogP contribution in [-0.4, -0.2) is 36.6 Å². The van der Waals surface area contributed by atoms with E-state index in [4.69, 9.17) is 4.74 Å². The van der Waals surface area contributed by atoms with Gasteiger partial charge < -0.3 is 9.64 Å². The van der Waals surface area contributed by atoms with Crippen molar-refractivity contribution in [3.8, 4) is 0 Å². The van der Waals surface area contributed by atoms with Gasteiger partial charge in [0.1, 0.15) is 6.61 Å². The Hall–Kier alpha value is -0.570. The van der Waals surface area contributed by atoms with E-state index < -0.39 is 0 Å². The zero-order chi connectivity index (χ0) is 15.2. The van der Waals surface area contributed by atoms with E-state index in [1.807, 2.05) is 4.90 Å². The van der Waals surface area contributed by atoms with Gasteiger partial charge in [-0.25, -0.2) is 0 Å². The number of nitrogens with zero attached hydrogens (tertiary/aromatic N) is 1. The molecule has 3 heteroatoms. The van der Waals surface area contributed by atoms with Crippen LogP contribution in [0.2, 0.25) is 0 Å². The van der Waals surface area contributed by atoms with Crippen LogP contribution in [0, 0.1) is 17.8 Å². The molecule has 1 aliphatic heterocycles. The molecular formula is C18H33NO2. The molecule has 2 rings (SSSR count). The van der Waals surface area contributed by atoms with Crippen LogP contribution in [0.25, 0.3) is 0 Å². The van der Waals surface area contributed by atoms with Gasteiger partial charge in [0.15, 0.2) is 0 Å². The second-order valence-corrected chi connectivity index (χ2v) is 7.43. The number of hydrogen-bond donors (Lipinski definition) is 0. The van der Waals surface area contributed by atoms with Crippen molar-refractivity contribution < 1.29 is 9.53 Å². The summed E-state index contributed by atoms with van der Waals surface area (Å²) >= 11 is 0. The Kier molecular flexibility index (Phi) is 6.53. The Labute approximate surface area is 130 Å². The highest BCUT2D eigenvalue weighted by atomic mass is 16.5. The van der Waals surface area contributed by atoms with Crippen molar-refractivity contribution in [1.82, 2.24) is 4.90 Å². The lowest BCUT2D eigenvalue weighted by atomic mass is 9.88.